The molecule has 1 aliphatic rings. The molecule has 0 radical (unpaired) electrons. The van der Waals surface area contributed by atoms with Crippen LogP contribution in [0.15, 0.2) is 48.5 Å². The molecule has 8 nitrogen and oxygen atoms in total. The molecule has 0 bridgehead atoms. The van der Waals surface area contributed by atoms with Crippen molar-refractivity contribution in [3.8, 4) is 5.75 Å². The van der Waals surface area contributed by atoms with Gasteiger partial charge in [-0.2, -0.15) is 0 Å². The van der Waals surface area contributed by atoms with Gasteiger partial charge in [-0.3, -0.25) is 13.9 Å². The molecule has 0 fully saturated rings. The predicted molar refractivity (Wildman–Crippen MR) is 111 cm³/mol. The van der Waals surface area contributed by atoms with Gasteiger partial charge in [-0.25, -0.2) is 8.42 Å². The van der Waals surface area contributed by atoms with E-state index in [-0.39, 0.29) is 12.5 Å². The van der Waals surface area contributed by atoms with E-state index >= 15 is 0 Å². The first kappa shape index (κ1) is 20.7. The Labute approximate surface area is 169 Å². The molecule has 2 aromatic rings. The van der Waals surface area contributed by atoms with Crippen LogP contribution < -0.4 is 19.7 Å². The maximum Gasteiger partial charge on any atom is 0.267 e. The molecular weight excluding hydrogens is 394 g/mol. The maximum atomic E-state index is 12.8. The Kier molecular flexibility index (Phi) is 6.07. The summed E-state index contributed by atoms with van der Waals surface area (Å²) in [5.74, 6) is -0.530. The summed E-state index contributed by atoms with van der Waals surface area (Å²) >= 11 is 0. The van der Waals surface area contributed by atoms with Crippen molar-refractivity contribution in [2.24, 2.45) is 0 Å². The lowest BCUT2D eigenvalue weighted by atomic mass is 10.1. The molecule has 1 atom stereocenters. The molecule has 0 saturated carbocycles. The molecule has 9 heteroatoms. The fourth-order valence-electron chi connectivity index (χ4n) is 2.99. The van der Waals surface area contributed by atoms with E-state index in [0.717, 1.165) is 17.0 Å². The number of benzene rings is 2. The van der Waals surface area contributed by atoms with E-state index in [9.17, 15) is 18.0 Å². The van der Waals surface area contributed by atoms with E-state index in [1.165, 1.54) is 0 Å². The minimum atomic E-state index is -3.60. The quantitative estimate of drug-likeness (QED) is 0.748. The van der Waals surface area contributed by atoms with Crippen LogP contribution in [0.4, 0.5) is 11.4 Å². The number of rotatable bonds is 6. The third-order valence-electron chi connectivity index (χ3n) is 4.39. The number of nitrogens with one attached hydrogen (secondary N) is 2. The highest BCUT2D eigenvalue weighted by atomic mass is 32.2. The number of anilines is 2. The molecule has 29 heavy (non-hydrogen) atoms. The van der Waals surface area contributed by atoms with Crippen molar-refractivity contribution >= 4 is 33.2 Å². The van der Waals surface area contributed by atoms with Gasteiger partial charge in [0, 0.05) is 6.54 Å². The molecule has 3 rings (SSSR count). The van der Waals surface area contributed by atoms with Gasteiger partial charge >= 0.3 is 0 Å². The van der Waals surface area contributed by atoms with E-state index in [1.807, 2.05) is 6.92 Å². The highest BCUT2D eigenvalue weighted by molar-refractivity contribution is 7.92. The number of sulfonamides is 1. The van der Waals surface area contributed by atoms with E-state index in [4.69, 9.17) is 4.74 Å². The molecule has 2 N–H and O–H groups in total. The van der Waals surface area contributed by atoms with Crippen molar-refractivity contribution in [1.82, 2.24) is 5.32 Å². The summed E-state index contributed by atoms with van der Waals surface area (Å²) in [5, 5.41) is 5.47. The average Bonchev–Trinajstić information content (AvgIpc) is 2.70. The summed E-state index contributed by atoms with van der Waals surface area (Å²) in [6, 6.07) is 13.3. The van der Waals surface area contributed by atoms with Gasteiger partial charge in [0.15, 0.2) is 6.10 Å². The standard InChI is InChI=1S/C20H23N3O5S/c1-3-12-21-19(24)14-8-4-5-9-15(14)22-20(25)18-13-23(29(2,26)27)16-10-6-7-11-17(16)28-18/h4-11,18H,3,12-13H2,1-2H3,(H,21,24)(H,22,25). The third kappa shape index (κ3) is 4.68. The van der Waals surface area contributed by atoms with Crippen LogP contribution in [0.25, 0.3) is 0 Å². The lowest BCUT2D eigenvalue weighted by Gasteiger charge is -2.33. The number of para-hydroxylation sites is 3. The second-order valence-electron chi connectivity index (χ2n) is 6.66. The summed E-state index contributed by atoms with van der Waals surface area (Å²) in [4.78, 5) is 25.2. The second kappa shape index (κ2) is 8.52. The summed E-state index contributed by atoms with van der Waals surface area (Å²) in [6.07, 6.45) is 0.806. The normalized spacial score (nSPS) is 15.8. The summed E-state index contributed by atoms with van der Waals surface area (Å²) in [5.41, 5.74) is 1.04. The molecule has 154 valence electrons. The Morgan fingerprint density at radius 2 is 1.83 bits per heavy atom. The zero-order valence-corrected chi connectivity index (χ0v) is 17.0. The molecular formula is C20H23N3O5S. The van der Waals surface area contributed by atoms with Crippen molar-refractivity contribution < 1.29 is 22.7 Å². The molecule has 1 unspecified atom stereocenters. The zero-order valence-electron chi connectivity index (χ0n) is 16.2. The van der Waals surface area contributed by atoms with E-state index in [1.54, 1.807) is 48.5 Å². The van der Waals surface area contributed by atoms with Crippen molar-refractivity contribution in [2.45, 2.75) is 19.4 Å². The van der Waals surface area contributed by atoms with Gasteiger partial charge in [-0.15, -0.1) is 0 Å². The van der Waals surface area contributed by atoms with Gasteiger partial charge in [-0.05, 0) is 30.7 Å². The Hall–Kier alpha value is -3.07. The van der Waals surface area contributed by atoms with Crippen LogP contribution in [0, 0.1) is 0 Å². The maximum absolute atomic E-state index is 12.8. The van der Waals surface area contributed by atoms with Crippen LogP contribution in [0.2, 0.25) is 0 Å². The van der Waals surface area contributed by atoms with Crippen molar-refractivity contribution in [2.75, 3.05) is 29.0 Å². The van der Waals surface area contributed by atoms with Crippen LogP contribution in [0.3, 0.4) is 0 Å². The van der Waals surface area contributed by atoms with Gasteiger partial charge in [0.1, 0.15) is 5.75 Å². The fourth-order valence-corrected chi connectivity index (χ4v) is 3.90. The SMILES string of the molecule is CCCNC(=O)c1ccccc1NC(=O)C1CN(S(C)(=O)=O)c2ccccc2O1. The first-order valence-electron chi connectivity index (χ1n) is 9.22. The fraction of sp³-hybridized carbons (Fsp3) is 0.300. The molecule has 0 aromatic heterocycles. The Morgan fingerprint density at radius 3 is 2.55 bits per heavy atom. The largest absolute Gasteiger partial charge is 0.476 e. The first-order valence-corrected chi connectivity index (χ1v) is 11.1. The Balaban J connectivity index is 1.83. The number of fused-ring (bicyclic) bond motifs is 1. The highest BCUT2D eigenvalue weighted by Gasteiger charge is 2.35. The van der Waals surface area contributed by atoms with Crippen molar-refractivity contribution in [1.29, 1.82) is 0 Å². The van der Waals surface area contributed by atoms with Gasteiger partial charge in [0.25, 0.3) is 11.8 Å². The summed E-state index contributed by atoms with van der Waals surface area (Å²) in [6.45, 7) is 2.30. The van der Waals surface area contributed by atoms with Crippen molar-refractivity contribution in [3.05, 3.63) is 54.1 Å². The molecule has 1 aliphatic heterocycles. The van der Waals surface area contributed by atoms with Gasteiger partial charge in [-0.1, -0.05) is 31.2 Å². The Bertz CT molecular complexity index is 1020. The predicted octanol–water partition coefficient (Wildman–Crippen LogP) is 1.99. The lowest BCUT2D eigenvalue weighted by Crippen LogP contribution is -2.48. The molecule has 0 saturated heterocycles. The smallest absolute Gasteiger partial charge is 0.267 e. The van der Waals surface area contributed by atoms with Crippen LogP contribution >= 0.6 is 0 Å². The first-order chi connectivity index (χ1) is 13.8. The number of hydrogen-bond acceptors (Lipinski definition) is 5. The molecule has 0 spiro atoms. The van der Waals surface area contributed by atoms with E-state index < -0.39 is 22.0 Å². The lowest BCUT2D eigenvalue weighted by molar-refractivity contribution is -0.122. The summed E-state index contributed by atoms with van der Waals surface area (Å²) in [7, 11) is -3.60. The second-order valence-corrected chi connectivity index (χ2v) is 8.57. The van der Waals surface area contributed by atoms with Crippen molar-refractivity contribution in [3.63, 3.8) is 0 Å². The monoisotopic (exact) mass is 417 g/mol. The molecule has 2 amide bonds. The van der Waals surface area contributed by atoms with Crippen LogP contribution in [-0.2, 0) is 14.8 Å². The number of carbonyl (C=O) groups is 2. The van der Waals surface area contributed by atoms with E-state index in [0.29, 0.717) is 29.2 Å². The zero-order chi connectivity index (χ0) is 21.0. The number of carbonyl (C=O) groups excluding carboxylic acids is 2. The number of hydrogen-bond donors (Lipinski definition) is 2. The number of nitrogens with zero attached hydrogens (tertiary/aromatic N) is 1. The van der Waals surface area contributed by atoms with Gasteiger partial charge in [0.2, 0.25) is 10.0 Å². The van der Waals surface area contributed by atoms with Gasteiger partial charge in [0.05, 0.1) is 29.7 Å². The summed E-state index contributed by atoms with van der Waals surface area (Å²) < 4.78 is 31.3. The van der Waals surface area contributed by atoms with Crippen LogP contribution in [-0.4, -0.2) is 45.7 Å². The van der Waals surface area contributed by atoms with Crippen LogP contribution in [0.1, 0.15) is 23.7 Å². The number of amides is 2. The highest BCUT2D eigenvalue weighted by Crippen LogP contribution is 2.34. The average molecular weight is 417 g/mol. The minimum Gasteiger partial charge on any atom is -0.476 e. The molecule has 1 heterocycles. The molecule has 0 aliphatic carbocycles. The number of ether oxygens (including phenoxy) is 1. The third-order valence-corrected chi connectivity index (χ3v) is 5.54. The van der Waals surface area contributed by atoms with Crippen LogP contribution in [0.5, 0.6) is 5.75 Å². The van der Waals surface area contributed by atoms with E-state index in [2.05, 4.69) is 10.6 Å². The van der Waals surface area contributed by atoms with Gasteiger partial charge < -0.3 is 15.4 Å². The topological polar surface area (TPSA) is 105 Å². The molecule has 2 aromatic carbocycles. The minimum absolute atomic E-state index is 0.161. The Morgan fingerprint density at radius 1 is 1.14 bits per heavy atom.